The number of amides is 3. The minimum absolute atomic E-state index is 0.0231. The molecule has 1 heterocycles. The lowest BCUT2D eigenvalue weighted by molar-refractivity contribution is -0.131. The average molecular weight is 345 g/mol. The zero-order chi connectivity index (χ0) is 17.6. The highest BCUT2D eigenvalue weighted by atomic mass is 16.5. The largest absolute Gasteiger partial charge is 0.383 e. The normalized spacial score (nSPS) is 18.7. The van der Waals surface area contributed by atoms with Gasteiger partial charge in [-0.1, -0.05) is 18.6 Å². The number of benzene rings is 1. The summed E-state index contributed by atoms with van der Waals surface area (Å²) in [5.41, 5.74) is 2.13. The summed E-state index contributed by atoms with van der Waals surface area (Å²) in [6.45, 7) is 2.47. The Hall–Kier alpha value is -2.08. The Kier molecular flexibility index (Phi) is 5.91. The lowest BCUT2D eigenvalue weighted by atomic mass is 9.80. The van der Waals surface area contributed by atoms with E-state index in [1.54, 1.807) is 16.9 Å². The maximum Gasteiger partial charge on any atom is 0.322 e. The molecule has 3 amide bonds. The fourth-order valence-corrected chi connectivity index (χ4v) is 3.31. The number of carbonyl (C=O) groups is 2. The Bertz CT molecular complexity index is 598. The minimum atomic E-state index is -0.210. The molecule has 0 aromatic heterocycles. The van der Waals surface area contributed by atoms with Crippen LogP contribution in [0.3, 0.4) is 0 Å². The van der Waals surface area contributed by atoms with E-state index in [0.717, 1.165) is 12.1 Å². The van der Waals surface area contributed by atoms with E-state index in [-0.39, 0.29) is 18.5 Å². The van der Waals surface area contributed by atoms with Crippen LogP contribution in [-0.4, -0.2) is 61.6 Å². The van der Waals surface area contributed by atoms with Gasteiger partial charge in [0, 0.05) is 32.4 Å². The van der Waals surface area contributed by atoms with Crippen LogP contribution in [0, 0.1) is 0 Å². The van der Waals surface area contributed by atoms with Crippen LogP contribution in [0.5, 0.6) is 0 Å². The molecule has 1 aliphatic carbocycles. The zero-order valence-corrected chi connectivity index (χ0v) is 14.9. The summed E-state index contributed by atoms with van der Waals surface area (Å²) in [5, 5.41) is 2.91. The predicted octanol–water partition coefficient (Wildman–Crippen LogP) is 2.67. The van der Waals surface area contributed by atoms with Gasteiger partial charge < -0.3 is 19.9 Å². The minimum Gasteiger partial charge on any atom is -0.383 e. The Morgan fingerprint density at radius 3 is 2.60 bits per heavy atom. The summed E-state index contributed by atoms with van der Waals surface area (Å²) in [7, 11) is 1.62. The van der Waals surface area contributed by atoms with Gasteiger partial charge in [0.25, 0.3) is 0 Å². The molecule has 0 radical (unpaired) electrons. The number of hydrogen-bond acceptors (Lipinski definition) is 3. The summed E-state index contributed by atoms with van der Waals surface area (Å²) in [4.78, 5) is 28.1. The number of carbonyl (C=O) groups excluding carboxylic acids is 2. The van der Waals surface area contributed by atoms with E-state index in [1.807, 2.05) is 12.1 Å². The second kappa shape index (κ2) is 8.34. The maximum absolute atomic E-state index is 12.5. The topological polar surface area (TPSA) is 61.9 Å². The number of nitrogens with zero attached hydrogens (tertiary/aromatic N) is 2. The van der Waals surface area contributed by atoms with Crippen molar-refractivity contribution >= 4 is 17.6 Å². The van der Waals surface area contributed by atoms with Crippen LogP contribution < -0.4 is 5.32 Å². The van der Waals surface area contributed by atoms with Crippen LogP contribution in [0.25, 0.3) is 0 Å². The summed E-state index contributed by atoms with van der Waals surface area (Å²) in [5.74, 6) is 0.663. The molecule has 1 saturated carbocycles. The van der Waals surface area contributed by atoms with Crippen LogP contribution in [0.2, 0.25) is 0 Å². The third-order valence-electron chi connectivity index (χ3n) is 5.13. The van der Waals surface area contributed by atoms with E-state index in [0.29, 0.717) is 32.2 Å². The average Bonchev–Trinajstić information content (AvgIpc) is 2.75. The molecule has 1 aliphatic heterocycles. The second-order valence-electron chi connectivity index (χ2n) is 6.83. The van der Waals surface area contributed by atoms with E-state index in [4.69, 9.17) is 4.74 Å². The van der Waals surface area contributed by atoms with Crippen LogP contribution in [0.15, 0.2) is 24.3 Å². The van der Waals surface area contributed by atoms with Crippen molar-refractivity contribution in [2.45, 2.75) is 31.6 Å². The van der Waals surface area contributed by atoms with Gasteiger partial charge in [-0.2, -0.15) is 0 Å². The lowest BCUT2D eigenvalue weighted by Crippen LogP contribution is -2.42. The molecule has 6 nitrogen and oxygen atoms in total. The first kappa shape index (κ1) is 17.7. The van der Waals surface area contributed by atoms with Crippen molar-refractivity contribution in [2.24, 2.45) is 0 Å². The molecule has 1 aromatic rings. The second-order valence-corrected chi connectivity index (χ2v) is 6.83. The monoisotopic (exact) mass is 345 g/mol. The zero-order valence-electron chi connectivity index (χ0n) is 14.9. The fourth-order valence-electron chi connectivity index (χ4n) is 3.31. The third-order valence-corrected chi connectivity index (χ3v) is 5.13. The van der Waals surface area contributed by atoms with E-state index >= 15 is 0 Å². The van der Waals surface area contributed by atoms with Crippen LogP contribution in [-0.2, 0) is 9.53 Å². The molecule has 0 bridgehead atoms. The number of rotatable bonds is 5. The summed E-state index contributed by atoms with van der Waals surface area (Å²) in [6.07, 6.45) is 4.62. The van der Waals surface area contributed by atoms with Crippen LogP contribution in [0.1, 0.15) is 37.2 Å². The van der Waals surface area contributed by atoms with Gasteiger partial charge in [-0.05, 0) is 42.9 Å². The van der Waals surface area contributed by atoms with Gasteiger partial charge in [0.1, 0.15) is 6.54 Å². The molecule has 2 aliphatic rings. The number of nitrogens with one attached hydrogen (secondary N) is 1. The highest BCUT2D eigenvalue weighted by Crippen LogP contribution is 2.36. The molecule has 1 saturated heterocycles. The molecule has 0 atom stereocenters. The summed E-state index contributed by atoms with van der Waals surface area (Å²) in [6, 6.07) is 7.89. The van der Waals surface area contributed by atoms with E-state index in [9.17, 15) is 9.59 Å². The summed E-state index contributed by atoms with van der Waals surface area (Å²) >= 11 is 0. The van der Waals surface area contributed by atoms with Gasteiger partial charge >= 0.3 is 6.03 Å². The van der Waals surface area contributed by atoms with Gasteiger partial charge in [0.2, 0.25) is 5.91 Å². The van der Waals surface area contributed by atoms with Gasteiger partial charge in [-0.3, -0.25) is 4.79 Å². The standard InChI is InChI=1S/C19H27N3O3/c1-25-13-12-21-10-3-11-22(14-18(21)23)19(24)20-17-8-6-16(7-9-17)15-4-2-5-15/h6-9,15H,2-5,10-14H2,1H3,(H,20,24). The lowest BCUT2D eigenvalue weighted by Gasteiger charge is -2.26. The molecule has 136 valence electrons. The first-order chi connectivity index (χ1) is 12.2. The molecule has 6 heteroatoms. The van der Waals surface area contributed by atoms with Crippen LogP contribution in [0.4, 0.5) is 10.5 Å². The van der Waals surface area contributed by atoms with Gasteiger partial charge in [0.15, 0.2) is 0 Å². The first-order valence-corrected chi connectivity index (χ1v) is 9.10. The quantitative estimate of drug-likeness (QED) is 0.892. The van der Waals surface area contributed by atoms with Crippen molar-refractivity contribution < 1.29 is 14.3 Å². The molecular formula is C19H27N3O3. The molecule has 0 spiro atoms. The van der Waals surface area contributed by atoms with Gasteiger partial charge in [-0.15, -0.1) is 0 Å². The van der Waals surface area contributed by atoms with Crippen molar-refractivity contribution in [1.29, 1.82) is 0 Å². The van der Waals surface area contributed by atoms with Gasteiger partial charge in [0.05, 0.1) is 6.61 Å². The number of urea groups is 1. The molecule has 1 N–H and O–H groups in total. The van der Waals surface area contributed by atoms with E-state index in [2.05, 4.69) is 17.4 Å². The number of anilines is 1. The molecule has 1 aromatic carbocycles. The Balaban J connectivity index is 1.54. The Morgan fingerprint density at radius 1 is 1.20 bits per heavy atom. The molecular weight excluding hydrogens is 318 g/mol. The fraction of sp³-hybridized carbons (Fsp3) is 0.579. The Labute approximate surface area is 149 Å². The van der Waals surface area contributed by atoms with Crippen molar-refractivity contribution in [2.75, 3.05) is 45.2 Å². The van der Waals surface area contributed by atoms with Crippen LogP contribution >= 0.6 is 0 Å². The highest BCUT2D eigenvalue weighted by molar-refractivity contribution is 5.92. The van der Waals surface area contributed by atoms with Crippen molar-refractivity contribution in [3.05, 3.63) is 29.8 Å². The molecule has 3 rings (SSSR count). The van der Waals surface area contributed by atoms with E-state index < -0.39 is 0 Å². The maximum atomic E-state index is 12.5. The summed E-state index contributed by atoms with van der Waals surface area (Å²) < 4.78 is 5.04. The van der Waals surface area contributed by atoms with E-state index in [1.165, 1.54) is 24.8 Å². The van der Waals surface area contributed by atoms with Crippen molar-refractivity contribution in [3.63, 3.8) is 0 Å². The SMILES string of the molecule is COCCN1CCCN(C(=O)Nc2ccc(C3CCC3)cc2)CC1=O. The number of hydrogen-bond donors (Lipinski definition) is 1. The van der Waals surface area contributed by atoms with Crippen molar-refractivity contribution in [1.82, 2.24) is 9.80 Å². The van der Waals surface area contributed by atoms with Gasteiger partial charge in [-0.25, -0.2) is 4.79 Å². The molecule has 25 heavy (non-hydrogen) atoms. The highest BCUT2D eigenvalue weighted by Gasteiger charge is 2.25. The predicted molar refractivity (Wildman–Crippen MR) is 96.7 cm³/mol. The number of ether oxygens (including phenoxy) is 1. The number of methoxy groups -OCH3 is 1. The third kappa shape index (κ3) is 4.51. The smallest absolute Gasteiger partial charge is 0.322 e. The Morgan fingerprint density at radius 2 is 1.96 bits per heavy atom. The molecule has 0 unspecified atom stereocenters. The molecule has 2 fully saturated rings. The van der Waals surface area contributed by atoms with Crippen molar-refractivity contribution in [3.8, 4) is 0 Å². The first-order valence-electron chi connectivity index (χ1n) is 9.10.